The Bertz CT molecular complexity index is 1700. The summed E-state index contributed by atoms with van der Waals surface area (Å²) >= 11 is 0. The Kier molecular flexibility index (Phi) is 5.05. The van der Waals surface area contributed by atoms with Crippen molar-refractivity contribution in [2.24, 2.45) is 7.05 Å². The molecule has 0 bridgehead atoms. The molecule has 0 spiro atoms. The van der Waals surface area contributed by atoms with E-state index in [0.29, 0.717) is 27.5 Å². The predicted octanol–water partition coefficient (Wildman–Crippen LogP) is 4.37. The molecule has 4 aromatic heterocycles. The number of hydrogen-bond donors (Lipinski definition) is 2. The van der Waals surface area contributed by atoms with E-state index >= 15 is 0 Å². The third-order valence-electron chi connectivity index (χ3n) is 5.80. The molecule has 0 saturated carbocycles. The van der Waals surface area contributed by atoms with Crippen LogP contribution in [0.25, 0.3) is 38.8 Å². The molecule has 0 atom stereocenters. The SMILES string of the molecule is Cn1c(=O)[nH]c2c3cc(-c4cnc(N)c(C(F)(F)F)c4)ccc3[n+](-c3ccc(C(F)(F)F)nc3)cc21. The number of H-pyrrole nitrogens is 1. The highest BCUT2D eigenvalue weighted by Gasteiger charge is 2.34. The monoisotopic (exact) mass is 505 g/mol. The minimum absolute atomic E-state index is 0.136. The molecule has 0 amide bonds. The van der Waals surface area contributed by atoms with Crippen LogP contribution < -0.4 is 16.0 Å². The average molecular weight is 505 g/mol. The van der Waals surface area contributed by atoms with Gasteiger partial charge in [-0.3, -0.25) is 4.57 Å². The number of rotatable bonds is 2. The van der Waals surface area contributed by atoms with Crippen LogP contribution in [0, 0.1) is 0 Å². The van der Waals surface area contributed by atoms with Crippen molar-refractivity contribution >= 4 is 27.8 Å². The van der Waals surface area contributed by atoms with Gasteiger partial charge in [0.05, 0.1) is 22.7 Å². The molecule has 5 aromatic rings. The quantitative estimate of drug-likeness (QED) is 0.275. The predicted molar refractivity (Wildman–Crippen MR) is 118 cm³/mol. The Morgan fingerprint density at radius 3 is 2.33 bits per heavy atom. The van der Waals surface area contributed by atoms with Gasteiger partial charge >= 0.3 is 18.0 Å². The van der Waals surface area contributed by atoms with Gasteiger partial charge in [0.25, 0.3) is 0 Å². The molecule has 0 aliphatic rings. The highest BCUT2D eigenvalue weighted by molar-refractivity contribution is 6.02. The van der Waals surface area contributed by atoms with Gasteiger partial charge in [-0.05, 0) is 29.8 Å². The lowest BCUT2D eigenvalue weighted by Crippen LogP contribution is -2.32. The summed E-state index contributed by atoms with van der Waals surface area (Å²) < 4.78 is 81.8. The average Bonchev–Trinajstić information content (AvgIpc) is 3.11. The van der Waals surface area contributed by atoms with E-state index in [1.807, 2.05) is 0 Å². The molecule has 3 N–H and O–H groups in total. The lowest BCUT2D eigenvalue weighted by molar-refractivity contribution is -0.566. The molecule has 1 aromatic carbocycles. The Labute approximate surface area is 197 Å². The van der Waals surface area contributed by atoms with Gasteiger partial charge < -0.3 is 10.7 Å². The van der Waals surface area contributed by atoms with Crippen LogP contribution in [0.1, 0.15) is 11.3 Å². The number of nitrogen functional groups attached to an aromatic ring is 1. The topological polar surface area (TPSA) is 93.5 Å². The first-order valence-corrected chi connectivity index (χ1v) is 10.3. The number of aryl methyl sites for hydroxylation is 1. The molecule has 7 nitrogen and oxygen atoms in total. The molecular formula is C23H15F6N6O+. The zero-order chi connectivity index (χ0) is 26.0. The maximum atomic E-state index is 13.4. The van der Waals surface area contributed by atoms with Gasteiger partial charge in [0, 0.05) is 30.9 Å². The summed E-state index contributed by atoms with van der Waals surface area (Å²) in [4.78, 5) is 22.2. The summed E-state index contributed by atoms with van der Waals surface area (Å²) in [6, 6.07) is 7.63. The fourth-order valence-corrected chi connectivity index (χ4v) is 3.98. The molecular weight excluding hydrogens is 490 g/mol. The minimum atomic E-state index is -4.71. The lowest BCUT2D eigenvalue weighted by atomic mass is 10.0. The third kappa shape index (κ3) is 3.82. The molecule has 0 fully saturated rings. The number of halogens is 6. The second-order valence-electron chi connectivity index (χ2n) is 8.03. The van der Waals surface area contributed by atoms with Gasteiger partial charge in [0.1, 0.15) is 17.0 Å². The van der Waals surface area contributed by atoms with Crippen molar-refractivity contribution in [1.82, 2.24) is 19.5 Å². The summed E-state index contributed by atoms with van der Waals surface area (Å²) in [5.41, 5.74) is 4.86. The van der Waals surface area contributed by atoms with E-state index in [1.54, 1.807) is 22.9 Å². The normalized spacial score (nSPS) is 12.5. The van der Waals surface area contributed by atoms with Gasteiger partial charge in [-0.1, -0.05) is 0 Å². The first kappa shape index (κ1) is 23.3. The molecule has 0 radical (unpaired) electrons. The number of anilines is 1. The smallest absolute Gasteiger partial charge is 0.383 e. The third-order valence-corrected chi connectivity index (χ3v) is 5.80. The maximum absolute atomic E-state index is 13.4. The molecule has 4 heterocycles. The van der Waals surface area contributed by atoms with Crippen LogP contribution >= 0.6 is 0 Å². The van der Waals surface area contributed by atoms with Crippen molar-refractivity contribution in [2.45, 2.75) is 12.4 Å². The highest BCUT2D eigenvalue weighted by Crippen LogP contribution is 2.36. The van der Waals surface area contributed by atoms with Crippen LogP contribution in [-0.4, -0.2) is 19.5 Å². The number of imidazole rings is 1. The van der Waals surface area contributed by atoms with Crippen LogP contribution in [0.3, 0.4) is 0 Å². The molecule has 0 aliphatic heterocycles. The zero-order valence-corrected chi connectivity index (χ0v) is 18.2. The number of nitrogens with zero attached hydrogens (tertiary/aromatic N) is 4. The molecule has 36 heavy (non-hydrogen) atoms. The maximum Gasteiger partial charge on any atom is 0.433 e. The van der Waals surface area contributed by atoms with Gasteiger partial charge in [0.2, 0.25) is 17.4 Å². The zero-order valence-electron chi connectivity index (χ0n) is 18.2. The molecule has 0 saturated heterocycles. The number of benzene rings is 1. The summed E-state index contributed by atoms with van der Waals surface area (Å²) in [5.74, 6) is -0.658. The van der Waals surface area contributed by atoms with Crippen LogP contribution in [0.4, 0.5) is 32.2 Å². The first-order valence-electron chi connectivity index (χ1n) is 10.3. The van der Waals surface area contributed by atoms with E-state index < -0.39 is 35.1 Å². The van der Waals surface area contributed by atoms with Crippen molar-refractivity contribution < 1.29 is 30.9 Å². The van der Waals surface area contributed by atoms with E-state index in [2.05, 4.69) is 15.0 Å². The van der Waals surface area contributed by atoms with E-state index in [-0.39, 0.29) is 11.3 Å². The second-order valence-corrected chi connectivity index (χ2v) is 8.03. The molecule has 0 unspecified atom stereocenters. The Hall–Kier alpha value is -4.42. The van der Waals surface area contributed by atoms with E-state index in [1.165, 1.54) is 29.9 Å². The standard InChI is InChI=1S/C23H14F6N6O/c1-34-17-10-35(13-3-5-18(31-9-13)23(27,28)29)16-4-2-11(6-14(16)19(17)33-21(34)36)12-7-15(22(24,25)26)20(30)32-8-12/h2-10H,1H3,(H2,30,32)/p+1. The lowest BCUT2D eigenvalue weighted by Gasteiger charge is -2.11. The number of alkyl halides is 6. The van der Waals surface area contributed by atoms with Crippen molar-refractivity contribution in [1.29, 1.82) is 0 Å². The molecule has 5 rings (SSSR count). The minimum Gasteiger partial charge on any atom is -0.383 e. The van der Waals surface area contributed by atoms with Gasteiger partial charge in [-0.25, -0.2) is 14.8 Å². The Morgan fingerprint density at radius 2 is 1.69 bits per heavy atom. The summed E-state index contributed by atoms with van der Waals surface area (Å²) in [7, 11) is 1.51. The van der Waals surface area contributed by atoms with Crippen molar-refractivity contribution in [2.75, 3.05) is 5.73 Å². The van der Waals surface area contributed by atoms with Crippen LogP contribution in [-0.2, 0) is 19.4 Å². The van der Waals surface area contributed by atoms with Gasteiger partial charge in [0.15, 0.2) is 0 Å². The van der Waals surface area contributed by atoms with Crippen LogP contribution in [0.2, 0.25) is 0 Å². The molecule has 13 heteroatoms. The number of aromatic nitrogens is 5. The van der Waals surface area contributed by atoms with Gasteiger partial charge in [-0.15, -0.1) is 0 Å². The van der Waals surface area contributed by atoms with Crippen molar-refractivity contribution in [3.63, 3.8) is 0 Å². The van der Waals surface area contributed by atoms with Crippen LogP contribution in [0.5, 0.6) is 0 Å². The highest BCUT2D eigenvalue weighted by atomic mass is 19.4. The summed E-state index contributed by atoms with van der Waals surface area (Å²) in [5, 5.41) is 0.438. The van der Waals surface area contributed by atoms with E-state index in [9.17, 15) is 31.1 Å². The van der Waals surface area contributed by atoms with Gasteiger partial charge in [-0.2, -0.15) is 30.9 Å². The fraction of sp³-hybridized carbons (Fsp3) is 0.130. The number of aromatic amines is 1. The first-order chi connectivity index (χ1) is 16.8. The fourth-order valence-electron chi connectivity index (χ4n) is 3.98. The van der Waals surface area contributed by atoms with Crippen molar-refractivity contribution in [3.05, 3.63) is 76.7 Å². The van der Waals surface area contributed by atoms with Crippen LogP contribution in [0.15, 0.2) is 59.8 Å². The molecule has 184 valence electrons. The number of nitrogens with one attached hydrogen (secondary N) is 1. The largest absolute Gasteiger partial charge is 0.433 e. The number of hydrogen-bond acceptors (Lipinski definition) is 4. The Morgan fingerprint density at radius 1 is 0.944 bits per heavy atom. The van der Waals surface area contributed by atoms with E-state index in [4.69, 9.17) is 5.73 Å². The Balaban J connectivity index is 1.76. The summed E-state index contributed by atoms with van der Waals surface area (Å²) in [6.07, 6.45) is -5.51. The number of fused-ring (bicyclic) bond motifs is 3. The van der Waals surface area contributed by atoms with Crippen molar-refractivity contribution in [3.8, 4) is 16.8 Å². The molecule has 0 aliphatic carbocycles. The number of pyridine rings is 3. The second kappa shape index (κ2) is 7.80. The summed E-state index contributed by atoms with van der Waals surface area (Å²) in [6.45, 7) is 0. The van der Waals surface area contributed by atoms with E-state index in [0.717, 1.165) is 18.3 Å². The number of nitrogens with two attached hydrogens (primary N) is 1.